The van der Waals surface area contributed by atoms with Crippen LogP contribution >= 0.6 is 0 Å². The monoisotopic (exact) mass is 196 g/mol. The van der Waals surface area contributed by atoms with Crippen LogP contribution in [0.1, 0.15) is 44.9 Å². The summed E-state index contributed by atoms with van der Waals surface area (Å²) in [7, 11) is 4.33. The van der Waals surface area contributed by atoms with Gasteiger partial charge in [-0.1, -0.05) is 19.3 Å². The van der Waals surface area contributed by atoms with E-state index in [0.29, 0.717) is 0 Å². The predicted molar refractivity (Wildman–Crippen MR) is 60.0 cm³/mol. The third-order valence-corrected chi connectivity index (χ3v) is 4.28. The highest BCUT2D eigenvalue weighted by Crippen LogP contribution is 2.44. The summed E-state index contributed by atoms with van der Waals surface area (Å²) in [6.07, 6.45) is 10.3. The second-order valence-electron chi connectivity index (χ2n) is 5.36. The Hall–Kier alpha value is -0.0800. The average molecular weight is 196 g/mol. The fourth-order valence-electron chi connectivity index (χ4n) is 3.17. The average Bonchev–Trinajstić information content (AvgIpc) is 2.19. The summed E-state index contributed by atoms with van der Waals surface area (Å²) in [5.74, 6) is 0. The smallest absolute Gasteiger partial charge is 0.0138 e. The van der Waals surface area contributed by atoms with Crippen LogP contribution in [-0.4, -0.2) is 37.2 Å². The SMILES string of the molecule is CN(C)N1CCC2(CCCCC2)CC1. The number of rotatable bonds is 1. The first-order valence-electron chi connectivity index (χ1n) is 6.14. The van der Waals surface area contributed by atoms with Crippen molar-refractivity contribution in [2.45, 2.75) is 44.9 Å². The molecular formula is C12H24N2. The molecule has 82 valence electrons. The summed E-state index contributed by atoms with van der Waals surface area (Å²) in [6.45, 7) is 2.57. The molecule has 0 unspecified atom stereocenters. The van der Waals surface area contributed by atoms with Gasteiger partial charge in [-0.05, 0) is 31.1 Å². The van der Waals surface area contributed by atoms with Crippen LogP contribution in [0.5, 0.6) is 0 Å². The minimum absolute atomic E-state index is 0.755. The van der Waals surface area contributed by atoms with E-state index < -0.39 is 0 Å². The number of nitrogens with zero attached hydrogens (tertiary/aromatic N) is 2. The first kappa shape index (κ1) is 10.4. The number of hydrogen-bond donors (Lipinski definition) is 0. The Morgan fingerprint density at radius 1 is 0.857 bits per heavy atom. The molecule has 2 aliphatic rings. The van der Waals surface area contributed by atoms with Gasteiger partial charge in [0.05, 0.1) is 0 Å². The molecule has 0 radical (unpaired) electrons. The fourth-order valence-corrected chi connectivity index (χ4v) is 3.17. The second-order valence-corrected chi connectivity index (χ2v) is 5.36. The third kappa shape index (κ3) is 2.12. The predicted octanol–water partition coefficient (Wildman–Crippen LogP) is 2.51. The maximum atomic E-state index is 2.49. The van der Waals surface area contributed by atoms with Gasteiger partial charge < -0.3 is 0 Å². The summed E-state index contributed by atoms with van der Waals surface area (Å²) in [6, 6.07) is 0. The van der Waals surface area contributed by atoms with Gasteiger partial charge in [-0.3, -0.25) is 0 Å². The molecule has 1 aliphatic carbocycles. The summed E-state index contributed by atoms with van der Waals surface area (Å²) in [5.41, 5.74) is 0.755. The molecule has 0 bridgehead atoms. The van der Waals surface area contributed by atoms with Crippen LogP contribution in [0, 0.1) is 5.41 Å². The van der Waals surface area contributed by atoms with Crippen LogP contribution in [-0.2, 0) is 0 Å². The van der Waals surface area contributed by atoms with Crippen LogP contribution in [0.25, 0.3) is 0 Å². The molecule has 2 nitrogen and oxygen atoms in total. The molecule has 2 heteroatoms. The molecule has 0 aromatic rings. The maximum Gasteiger partial charge on any atom is 0.0138 e. The number of hydrazine groups is 1. The third-order valence-electron chi connectivity index (χ3n) is 4.28. The Bertz CT molecular complexity index is 173. The zero-order chi connectivity index (χ0) is 10.0. The lowest BCUT2D eigenvalue weighted by Gasteiger charge is -2.45. The molecule has 14 heavy (non-hydrogen) atoms. The Labute approximate surface area is 88.2 Å². The molecule has 2 rings (SSSR count). The molecule has 1 spiro atoms. The number of piperidine rings is 1. The summed E-state index contributed by atoms with van der Waals surface area (Å²) in [4.78, 5) is 0. The van der Waals surface area contributed by atoms with Gasteiger partial charge in [0.15, 0.2) is 0 Å². The van der Waals surface area contributed by atoms with Gasteiger partial charge in [0.1, 0.15) is 0 Å². The molecule has 0 aromatic heterocycles. The minimum atomic E-state index is 0.755. The highest BCUT2D eigenvalue weighted by atomic mass is 15.6. The highest BCUT2D eigenvalue weighted by Gasteiger charge is 2.35. The molecule has 1 heterocycles. The van der Waals surface area contributed by atoms with E-state index in [1.807, 2.05) is 0 Å². The van der Waals surface area contributed by atoms with Crippen molar-refractivity contribution in [3.8, 4) is 0 Å². The van der Waals surface area contributed by atoms with Crippen LogP contribution < -0.4 is 0 Å². The Morgan fingerprint density at radius 3 is 1.93 bits per heavy atom. The Morgan fingerprint density at radius 2 is 1.43 bits per heavy atom. The van der Waals surface area contributed by atoms with E-state index in [1.54, 1.807) is 0 Å². The van der Waals surface area contributed by atoms with E-state index in [4.69, 9.17) is 0 Å². The molecule has 0 atom stereocenters. The van der Waals surface area contributed by atoms with Crippen molar-refractivity contribution in [1.29, 1.82) is 0 Å². The molecule has 1 saturated carbocycles. The standard InChI is InChI=1S/C12H24N2/c1-13(2)14-10-8-12(9-11-14)6-4-3-5-7-12/h3-11H2,1-2H3. The Balaban J connectivity index is 1.87. The van der Waals surface area contributed by atoms with Crippen LogP contribution in [0.15, 0.2) is 0 Å². The highest BCUT2D eigenvalue weighted by molar-refractivity contribution is 4.87. The zero-order valence-corrected chi connectivity index (χ0v) is 9.76. The molecule has 1 aliphatic heterocycles. The minimum Gasteiger partial charge on any atom is -0.248 e. The van der Waals surface area contributed by atoms with Crippen molar-refractivity contribution < 1.29 is 0 Å². The molecule has 0 amide bonds. The zero-order valence-electron chi connectivity index (χ0n) is 9.76. The summed E-state index contributed by atoms with van der Waals surface area (Å²) in [5, 5.41) is 4.75. The first-order valence-corrected chi connectivity index (χ1v) is 6.14. The summed E-state index contributed by atoms with van der Waals surface area (Å²) >= 11 is 0. The van der Waals surface area contributed by atoms with Crippen LogP contribution in [0.4, 0.5) is 0 Å². The second kappa shape index (κ2) is 4.19. The van der Waals surface area contributed by atoms with Crippen molar-refractivity contribution in [2.24, 2.45) is 5.41 Å². The molecule has 0 N–H and O–H groups in total. The van der Waals surface area contributed by atoms with E-state index in [1.165, 1.54) is 58.0 Å². The quantitative estimate of drug-likeness (QED) is 0.636. The van der Waals surface area contributed by atoms with E-state index in [0.717, 1.165) is 5.41 Å². The maximum absolute atomic E-state index is 2.49. The fraction of sp³-hybridized carbons (Fsp3) is 1.00. The topological polar surface area (TPSA) is 6.48 Å². The van der Waals surface area contributed by atoms with Crippen molar-refractivity contribution in [2.75, 3.05) is 27.2 Å². The normalized spacial score (nSPS) is 28.5. The molecular weight excluding hydrogens is 172 g/mol. The van der Waals surface area contributed by atoms with Crippen molar-refractivity contribution in [3.05, 3.63) is 0 Å². The first-order chi connectivity index (χ1) is 6.72. The van der Waals surface area contributed by atoms with Crippen LogP contribution in [0.3, 0.4) is 0 Å². The molecule has 1 saturated heterocycles. The van der Waals surface area contributed by atoms with E-state index >= 15 is 0 Å². The molecule has 2 fully saturated rings. The Kier molecular flexibility index (Phi) is 3.13. The lowest BCUT2D eigenvalue weighted by molar-refractivity contribution is -0.0421. The largest absolute Gasteiger partial charge is 0.248 e. The van der Waals surface area contributed by atoms with E-state index in [9.17, 15) is 0 Å². The van der Waals surface area contributed by atoms with Gasteiger partial charge in [-0.15, -0.1) is 0 Å². The van der Waals surface area contributed by atoms with E-state index in [-0.39, 0.29) is 0 Å². The van der Waals surface area contributed by atoms with Gasteiger partial charge >= 0.3 is 0 Å². The van der Waals surface area contributed by atoms with Crippen LogP contribution in [0.2, 0.25) is 0 Å². The lowest BCUT2D eigenvalue weighted by Crippen LogP contribution is -2.46. The van der Waals surface area contributed by atoms with Gasteiger partial charge in [-0.25, -0.2) is 10.0 Å². The molecule has 0 aromatic carbocycles. The van der Waals surface area contributed by atoms with Gasteiger partial charge in [-0.2, -0.15) is 0 Å². The van der Waals surface area contributed by atoms with Crippen molar-refractivity contribution in [3.63, 3.8) is 0 Å². The van der Waals surface area contributed by atoms with E-state index in [2.05, 4.69) is 24.1 Å². The van der Waals surface area contributed by atoms with Gasteiger partial charge in [0.25, 0.3) is 0 Å². The van der Waals surface area contributed by atoms with Crippen molar-refractivity contribution >= 4 is 0 Å². The van der Waals surface area contributed by atoms with Gasteiger partial charge in [0.2, 0.25) is 0 Å². The number of hydrogen-bond acceptors (Lipinski definition) is 2. The lowest BCUT2D eigenvalue weighted by atomic mass is 9.68. The van der Waals surface area contributed by atoms with Gasteiger partial charge in [0, 0.05) is 27.2 Å². The summed E-state index contributed by atoms with van der Waals surface area (Å²) < 4.78 is 0. The van der Waals surface area contributed by atoms with Crippen molar-refractivity contribution in [1.82, 2.24) is 10.0 Å².